The number of aliphatic hydroxyl groups is 1. The molecule has 1 aromatic carbocycles. The fourth-order valence-corrected chi connectivity index (χ4v) is 3.46. The van der Waals surface area contributed by atoms with Gasteiger partial charge in [-0.05, 0) is 56.3 Å². The number of aromatic nitrogens is 2. The Labute approximate surface area is 147 Å². The number of benzene rings is 1. The highest BCUT2D eigenvalue weighted by atomic mass is 19.1. The maximum Gasteiger partial charge on any atom is 0.164 e. The van der Waals surface area contributed by atoms with Crippen molar-refractivity contribution in [3.63, 3.8) is 0 Å². The van der Waals surface area contributed by atoms with Crippen molar-refractivity contribution in [3.05, 3.63) is 53.6 Å². The number of aliphatic hydroxyl groups excluding tert-OH is 1. The van der Waals surface area contributed by atoms with Crippen LogP contribution in [0.2, 0.25) is 0 Å². The van der Waals surface area contributed by atoms with Gasteiger partial charge in [0.2, 0.25) is 0 Å². The highest BCUT2D eigenvalue weighted by molar-refractivity contribution is 5.96. The number of likely N-dealkylation sites (tertiary alicyclic amines) is 1. The maximum atomic E-state index is 12.9. The molecule has 3 rings (SSSR count). The second-order valence-corrected chi connectivity index (χ2v) is 6.50. The van der Waals surface area contributed by atoms with Crippen LogP contribution in [0.5, 0.6) is 0 Å². The van der Waals surface area contributed by atoms with Gasteiger partial charge in [-0.2, -0.15) is 5.10 Å². The van der Waals surface area contributed by atoms with Crippen LogP contribution >= 0.6 is 0 Å². The zero-order valence-corrected chi connectivity index (χ0v) is 14.3. The molecule has 2 heterocycles. The van der Waals surface area contributed by atoms with Gasteiger partial charge in [0, 0.05) is 36.3 Å². The number of carbonyl (C=O) groups excluding carboxylic acids is 1. The molecule has 0 saturated carbocycles. The number of piperidine rings is 1. The first-order valence-electron chi connectivity index (χ1n) is 8.81. The second kappa shape index (κ2) is 8.36. The van der Waals surface area contributed by atoms with Crippen LogP contribution in [0.3, 0.4) is 0 Å². The lowest BCUT2D eigenvalue weighted by Gasteiger charge is -2.32. The van der Waals surface area contributed by atoms with Crippen molar-refractivity contribution in [2.45, 2.75) is 31.7 Å². The highest BCUT2D eigenvalue weighted by Gasteiger charge is 2.23. The smallest absolute Gasteiger partial charge is 0.164 e. The normalized spacial score (nSPS) is 16.2. The summed E-state index contributed by atoms with van der Waals surface area (Å²) in [6.45, 7) is 3.27. The van der Waals surface area contributed by atoms with E-state index in [4.69, 9.17) is 5.11 Å². The first-order chi connectivity index (χ1) is 12.2. The van der Waals surface area contributed by atoms with E-state index in [0.29, 0.717) is 24.4 Å². The molecule has 5 nitrogen and oxygen atoms in total. The van der Waals surface area contributed by atoms with Gasteiger partial charge in [-0.25, -0.2) is 4.39 Å². The van der Waals surface area contributed by atoms with Gasteiger partial charge in [0.05, 0.1) is 13.2 Å². The van der Waals surface area contributed by atoms with Crippen molar-refractivity contribution in [2.24, 2.45) is 0 Å². The fourth-order valence-electron chi connectivity index (χ4n) is 3.46. The van der Waals surface area contributed by atoms with Gasteiger partial charge in [0.15, 0.2) is 5.78 Å². The Morgan fingerprint density at radius 3 is 2.56 bits per heavy atom. The molecule has 0 unspecified atom stereocenters. The van der Waals surface area contributed by atoms with E-state index in [2.05, 4.69) is 10.00 Å². The maximum absolute atomic E-state index is 12.9. The first kappa shape index (κ1) is 17.8. The largest absolute Gasteiger partial charge is 0.394 e. The van der Waals surface area contributed by atoms with Gasteiger partial charge >= 0.3 is 0 Å². The van der Waals surface area contributed by atoms with Crippen molar-refractivity contribution in [3.8, 4) is 0 Å². The molecule has 1 saturated heterocycles. The molecule has 0 bridgehead atoms. The quantitative estimate of drug-likeness (QED) is 0.783. The predicted octanol–water partition coefficient (Wildman–Crippen LogP) is 2.47. The van der Waals surface area contributed by atoms with Gasteiger partial charge in [-0.3, -0.25) is 9.48 Å². The first-order valence-corrected chi connectivity index (χ1v) is 8.81. The van der Waals surface area contributed by atoms with E-state index in [-0.39, 0.29) is 18.2 Å². The number of rotatable bonds is 7. The van der Waals surface area contributed by atoms with Crippen LogP contribution in [-0.2, 0) is 6.54 Å². The van der Waals surface area contributed by atoms with Crippen molar-refractivity contribution < 1.29 is 14.3 Å². The fraction of sp³-hybridized carbons (Fsp3) is 0.474. The van der Waals surface area contributed by atoms with Crippen LogP contribution in [0.15, 0.2) is 36.5 Å². The molecule has 0 aliphatic carbocycles. The van der Waals surface area contributed by atoms with Gasteiger partial charge < -0.3 is 10.0 Å². The van der Waals surface area contributed by atoms with Crippen LogP contribution in [-0.4, -0.2) is 51.8 Å². The third-order valence-electron chi connectivity index (χ3n) is 4.89. The summed E-state index contributed by atoms with van der Waals surface area (Å²) in [5.41, 5.74) is 1.76. The Balaban J connectivity index is 1.47. The van der Waals surface area contributed by atoms with Gasteiger partial charge in [-0.15, -0.1) is 0 Å². The minimum absolute atomic E-state index is 0.0585. The SMILES string of the molecule is O=C(CCN1CCC(c2ccnn2CCO)CC1)c1ccc(F)cc1. The standard InChI is InChI=1S/C19H24FN3O2/c20-17-3-1-16(2-4-17)19(25)8-12-22-10-6-15(7-11-22)18-5-9-21-23(18)13-14-24/h1-5,9,15,24H,6-8,10-14H2. The summed E-state index contributed by atoms with van der Waals surface area (Å²) in [5.74, 6) is 0.195. The number of nitrogens with zero attached hydrogens (tertiary/aromatic N) is 3. The molecular formula is C19H24FN3O2. The number of Topliss-reactive ketones (excluding diaryl/α,β-unsaturated/α-hetero) is 1. The van der Waals surface area contributed by atoms with E-state index in [1.54, 1.807) is 18.3 Å². The molecule has 1 fully saturated rings. The Morgan fingerprint density at radius 2 is 1.88 bits per heavy atom. The molecule has 0 amide bonds. The third-order valence-corrected chi connectivity index (χ3v) is 4.89. The van der Waals surface area contributed by atoms with Gasteiger partial charge in [0.25, 0.3) is 0 Å². The Bertz CT molecular complexity index is 691. The van der Waals surface area contributed by atoms with Crippen LogP contribution in [0.25, 0.3) is 0 Å². The molecule has 25 heavy (non-hydrogen) atoms. The average molecular weight is 345 g/mol. The Hall–Kier alpha value is -2.05. The van der Waals surface area contributed by atoms with Crippen molar-refractivity contribution in [2.75, 3.05) is 26.2 Å². The van der Waals surface area contributed by atoms with Gasteiger partial charge in [-0.1, -0.05) is 0 Å². The van der Waals surface area contributed by atoms with E-state index < -0.39 is 0 Å². The lowest BCUT2D eigenvalue weighted by Crippen LogP contribution is -2.35. The van der Waals surface area contributed by atoms with E-state index in [0.717, 1.165) is 32.5 Å². The Morgan fingerprint density at radius 1 is 1.16 bits per heavy atom. The average Bonchev–Trinajstić information content (AvgIpc) is 3.09. The number of carbonyl (C=O) groups is 1. The topological polar surface area (TPSA) is 58.4 Å². The molecule has 0 radical (unpaired) electrons. The summed E-state index contributed by atoms with van der Waals surface area (Å²) in [4.78, 5) is 14.5. The van der Waals surface area contributed by atoms with E-state index in [1.807, 2.05) is 10.7 Å². The zero-order chi connectivity index (χ0) is 17.6. The number of ketones is 1. The van der Waals surface area contributed by atoms with E-state index >= 15 is 0 Å². The number of hydrogen-bond acceptors (Lipinski definition) is 4. The van der Waals surface area contributed by atoms with Crippen LogP contribution in [0.4, 0.5) is 4.39 Å². The number of halogens is 1. The molecule has 6 heteroatoms. The van der Waals surface area contributed by atoms with Crippen molar-refractivity contribution in [1.29, 1.82) is 0 Å². The van der Waals surface area contributed by atoms with Crippen molar-refractivity contribution >= 4 is 5.78 Å². The molecule has 1 aliphatic rings. The van der Waals surface area contributed by atoms with E-state index in [9.17, 15) is 9.18 Å². The molecule has 0 spiro atoms. The third kappa shape index (κ3) is 4.52. The minimum atomic E-state index is -0.320. The molecule has 1 aliphatic heterocycles. The lowest BCUT2D eigenvalue weighted by atomic mass is 9.93. The Kier molecular flexibility index (Phi) is 5.94. The monoisotopic (exact) mass is 345 g/mol. The summed E-state index contributed by atoms with van der Waals surface area (Å²) in [7, 11) is 0. The number of hydrogen-bond donors (Lipinski definition) is 1. The van der Waals surface area contributed by atoms with Crippen LogP contribution in [0, 0.1) is 5.82 Å². The molecule has 2 aromatic rings. The summed E-state index contributed by atoms with van der Waals surface area (Å²) < 4.78 is 14.8. The zero-order valence-electron chi connectivity index (χ0n) is 14.3. The second-order valence-electron chi connectivity index (χ2n) is 6.50. The summed E-state index contributed by atoms with van der Waals surface area (Å²) in [6.07, 6.45) is 4.31. The van der Waals surface area contributed by atoms with Gasteiger partial charge in [0.1, 0.15) is 5.82 Å². The summed E-state index contributed by atoms with van der Waals surface area (Å²) >= 11 is 0. The lowest BCUT2D eigenvalue weighted by molar-refractivity contribution is 0.0956. The highest BCUT2D eigenvalue weighted by Crippen LogP contribution is 2.27. The predicted molar refractivity (Wildman–Crippen MR) is 93.1 cm³/mol. The summed E-state index contributed by atoms with van der Waals surface area (Å²) in [5, 5.41) is 13.4. The molecule has 134 valence electrons. The van der Waals surface area contributed by atoms with Crippen LogP contribution < -0.4 is 0 Å². The molecule has 0 atom stereocenters. The molecule has 1 N–H and O–H groups in total. The van der Waals surface area contributed by atoms with Crippen molar-refractivity contribution in [1.82, 2.24) is 14.7 Å². The van der Waals surface area contributed by atoms with Crippen LogP contribution in [0.1, 0.15) is 41.2 Å². The molecular weight excluding hydrogens is 321 g/mol. The molecule has 1 aromatic heterocycles. The summed E-state index contributed by atoms with van der Waals surface area (Å²) in [6, 6.07) is 7.79. The minimum Gasteiger partial charge on any atom is -0.394 e. The van der Waals surface area contributed by atoms with E-state index in [1.165, 1.54) is 17.8 Å².